The minimum absolute atomic E-state index is 0.126. The first-order valence-electron chi connectivity index (χ1n) is 14.4. The summed E-state index contributed by atoms with van der Waals surface area (Å²) in [7, 11) is 2.05. The number of halogens is 2. The van der Waals surface area contributed by atoms with Crippen molar-refractivity contribution in [1.29, 1.82) is 0 Å². The second kappa shape index (κ2) is 14.4. The summed E-state index contributed by atoms with van der Waals surface area (Å²) >= 11 is 12.6. The Morgan fingerprint density at radius 2 is 1.73 bits per heavy atom. The van der Waals surface area contributed by atoms with Crippen LogP contribution in [0.15, 0.2) is 41.4 Å². The van der Waals surface area contributed by atoms with Gasteiger partial charge in [0, 0.05) is 64.8 Å². The van der Waals surface area contributed by atoms with Crippen LogP contribution in [0, 0.1) is 0 Å². The highest BCUT2D eigenvalue weighted by Gasteiger charge is 2.22. The third kappa shape index (κ3) is 8.19. The number of hydrogen-bond donors (Lipinski definition) is 0. The van der Waals surface area contributed by atoms with E-state index < -0.39 is 0 Å². The maximum absolute atomic E-state index is 12.3. The maximum atomic E-state index is 12.3. The standard InChI is InChI=1S/C30H39Cl2N5O4/c1-34-12-16-37(17-13-34)30(38)41-22-40-28-10-8-23-7-9-24(21-26(23)33-28)39-20-3-2-11-35-14-18-36(19-15-35)27-6-4-5-25(31)29(27)32/h4-7,9,21H,2-3,8,10-20,22H2,1H3. The fourth-order valence-corrected chi connectivity index (χ4v) is 5.70. The number of piperazine rings is 2. The number of aliphatic imine (C=N–C) groups is 1. The molecule has 9 nitrogen and oxygen atoms in total. The van der Waals surface area contributed by atoms with Crippen LogP contribution >= 0.6 is 23.2 Å². The summed E-state index contributed by atoms with van der Waals surface area (Å²) in [5, 5.41) is 1.24. The van der Waals surface area contributed by atoms with Crippen LogP contribution < -0.4 is 9.64 Å². The molecule has 0 radical (unpaired) electrons. The van der Waals surface area contributed by atoms with Gasteiger partial charge in [0.2, 0.25) is 6.79 Å². The van der Waals surface area contributed by atoms with Crippen LogP contribution in [0.4, 0.5) is 16.2 Å². The summed E-state index contributed by atoms with van der Waals surface area (Å²) in [6.07, 6.45) is 3.23. The first kappa shape index (κ1) is 29.8. The Hall–Kier alpha value is -2.72. The largest absolute Gasteiger partial charge is 0.494 e. The van der Waals surface area contributed by atoms with Gasteiger partial charge < -0.3 is 28.9 Å². The van der Waals surface area contributed by atoms with Crippen molar-refractivity contribution in [2.75, 3.05) is 84.3 Å². The molecule has 3 heterocycles. The van der Waals surface area contributed by atoms with Crippen LogP contribution in [0.1, 0.15) is 24.8 Å². The molecular weight excluding hydrogens is 565 g/mol. The molecular formula is C30H39Cl2N5O4. The van der Waals surface area contributed by atoms with Gasteiger partial charge in [-0.15, -0.1) is 0 Å². The Bertz CT molecular complexity index is 1210. The number of carbonyl (C=O) groups excluding carboxylic acids is 1. The maximum Gasteiger partial charge on any atom is 0.412 e. The number of benzene rings is 2. The van der Waals surface area contributed by atoms with E-state index in [-0.39, 0.29) is 12.9 Å². The van der Waals surface area contributed by atoms with E-state index in [2.05, 4.69) is 25.8 Å². The lowest BCUT2D eigenvalue weighted by molar-refractivity contribution is 0.0199. The van der Waals surface area contributed by atoms with Gasteiger partial charge in [0.15, 0.2) is 5.90 Å². The minimum Gasteiger partial charge on any atom is -0.494 e. The van der Waals surface area contributed by atoms with Gasteiger partial charge in [0.05, 0.1) is 28.0 Å². The lowest BCUT2D eigenvalue weighted by Crippen LogP contribution is -2.47. The lowest BCUT2D eigenvalue weighted by Gasteiger charge is -2.36. The summed E-state index contributed by atoms with van der Waals surface area (Å²) in [6.45, 7) is 8.52. The Kier molecular flexibility index (Phi) is 10.5. The number of ether oxygens (including phenoxy) is 3. The van der Waals surface area contributed by atoms with E-state index in [1.54, 1.807) is 4.90 Å². The number of hydrogen-bond acceptors (Lipinski definition) is 8. The molecule has 2 fully saturated rings. The number of anilines is 1. The molecule has 0 saturated carbocycles. The molecule has 0 bridgehead atoms. The molecule has 0 N–H and O–H groups in total. The third-order valence-corrected chi connectivity index (χ3v) is 8.67. The van der Waals surface area contributed by atoms with Gasteiger partial charge >= 0.3 is 6.09 Å². The lowest BCUT2D eigenvalue weighted by atomic mass is 10.0. The monoisotopic (exact) mass is 603 g/mol. The number of nitrogens with zero attached hydrogens (tertiary/aromatic N) is 5. The average Bonchev–Trinajstić information content (AvgIpc) is 2.99. The number of fused-ring (bicyclic) bond motifs is 1. The smallest absolute Gasteiger partial charge is 0.412 e. The molecule has 3 aliphatic heterocycles. The number of unbranched alkanes of at least 4 members (excludes halogenated alkanes) is 1. The molecule has 2 aromatic rings. The third-order valence-electron chi connectivity index (χ3n) is 7.86. The molecule has 2 saturated heterocycles. The first-order chi connectivity index (χ1) is 20.0. The molecule has 2 aromatic carbocycles. The number of aryl methyl sites for hydroxylation is 1. The van der Waals surface area contributed by atoms with E-state index in [4.69, 9.17) is 37.4 Å². The van der Waals surface area contributed by atoms with Crippen LogP contribution in [0.2, 0.25) is 10.0 Å². The second-order valence-electron chi connectivity index (χ2n) is 10.7. The molecule has 0 spiro atoms. The summed E-state index contributed by atoms with van der Waals surface area (Å²) in [5.74, 6) is 1.39. The SMILES string of the molecule is CN1CCN(C(=O)OCOC2=Nc3cc(OCCCCN4CCN(c5cccc(Cl)c5Cl)CC4)ccc3CC2)CC1. The highest BCUT2D eigenvalue weighted by molar-refractivity contribution is 6.43. The van der Waals surface area contributed by atoms with Crippen LogP contribution in [-0.4, -0.2) is 106 Å². The van der Waals surface area contributed by atoms with Crippen molar-refractivity contribution in [1.82, 2.24) is 14.7 Å². The Morgan fingerprint density at radius 3 is 2.54 bits per heavy atom. The van der Waals surface area contributed by atoms with E-state index in [0.29, 0.717) is 42.1 Å². The highest BCUT2D eigenvalue weighted by Crippen LogP contribution is 2.33. The molecule has 0 atom stereocenters. The zero-order chi connectivity index (χ0) is 28.6. The average molecular weight is 605 g/mol. The van der Waals surface area contributed by atoms with Gasteiger partial charge in [-0.3, -0.25) is 4.90 Å². The van der Waals surface area contributed by atoms with Crippen molar-refractivity contribution in [3.05, 3.63) is 52.0 Å². The highest BCUT2D eigenvalue weighted by atomic mass is 35.5. The van der Waals surface area contributed by atoms with E-state index in [9.17, 15) is 4.79 Å². The molecule has 3 aliphatic rings. The molecule has 0 aliphatic carbocycles. The molecule has 11 heteroatoms. The fourth-order valence-electron chi connectivity index (χ4n) is 5.29. The number of rotatable bonds is 9. The normalized spacial score (nSPS) is 18.1. The van der Waals surface area contributed by atoms with Crippen LogP contribution in [0.25, 0.3) is 0 Å². The predicted octanol–water partition coefficient (Wildman–Crippen LogP) is 5.31. The topological polar surface area (TPSA) is 70.1 Å². The second-order valence-corrected chi connectivity index (χ2v) is 11.5. The van der Waals surface area contributed by atoms with Crippen molar-refractivity contribution in [2.45, 2.75) is 25.7 Å². The van der Waals surface area contributed by atoms with Crippen LogP contribution in [0.5, 0.6) is 5.75 Å². The molecule has 222 valence electrons. The van der Waals surface area contributed by atoms with Gasteiger partial charge in [0.25, 0.3) is 0 Å². The van der Waals surface area contributed by atoms with Crippen LogP contribution in [0.3, 0.4) is 0 Å². The Balaban J connectivity index is 0.992. The van der Waals surface area contributed by atoms with E-state index >= 15 is 0 Å². The van der Waals surface area contributed by atoms with E-state index in [1.807, 2.05) is 37.4 Å². The van der Waals surface area contributed by atoms with E-state index in [0.717, 1.165) is 87.8 Å². The summed E-state index contributed by atoms with van der Waals surface area (Å²) in [5.41, 5.74) is 3.04. The molecule has 0 aromatic heterocycles. The van der Waals surface area contributed by atoms with Crippen molar-refractivity contribution in [3.63, 3.8) is 0 Å². The Morgan fingerprint density at radius 1 is 0.927 bits per heavy atom. The summed E-state index contributed by atoms with van der Waals surface area (Å²) < 4.78 is 17.0. The van der Waals surface area contributed by atoms with Gasteiger partial charge in [-0.05, 0) is 56.6 Å². The molecule has 0 unspecified atom stereocenters. The van der Waals surface area contributed by atoms with Crippen molar-refractivity contribution in [2.24, 2.45) is 4.99 Å². The number of carbonyl (C=O) groups is 1. The zero-order valence-electron chi connectivity index (χ0n) is 23.7. The quantitative estimate of drug-likeness (QED) is 0.284. The van der Waals surface area contributed by atoms with Gasteiger partial charge in [0.1, 0.15) is 5.75 Å². The summed E-state index contributed by atoms with van der Waals surface area (Å²) in [6, 6.07) is 11.9. The van der Waals surface area contributed by atoms with Crippen molar-refractivity contribution >= 4 is 46.6 Å². The minimum atomic E-state index is -0.338. The first-order valence-corrected chi connectivity index (χ1v) is 15.2. The summed E-state index contributed by atoms with van der Waals surface area (Å²) in [4.78, 5) is 25.6. The molecule has 41 heavy (non-hydrogen) atoms. The van der Waals surface area contributed by atoms with E-state index in [1.165, 1.54) is 0 Å². The Labute approximate surface area is 252 Å². The van der Waals surface area contributed by atoms with Gasteiger partial charge in [-0.25, -0.2) is 9.79 Å². The van der Waals surface area contributed by atoms with Gasteiger partial charge in [-0.1, -0.05) is 35.3 Å². The van der Waals surface area contributed by atoms with Gasteiger partial charge in [-0.2, -0.15) is 0 Å². The van der Waals surface area contributed by atoms with Crippen molar-refractivity contribution < 1.29 is 19.0 Å². The fraction of sp³-hybridized carbons (Fsp3) is 0.533. The predicted molar refractivity (Wildman–Crippen MR) is 163 cm³/mol. The zero-order valence-corrected chi connectivity index (χ0v) is 25.2. The molecule has 5 rings (SSSR count). The van der Waals surface area contributed by atoms with Crippen LogP contribution in [-0.2, 0) is 15.9 Å². The molecule has 1 amide bonds. The van der Waals surface area contributed by atoms with Crippen molar-refractivity contribution in [3.8, 4) is 5.75 Å². The number of likely N-dealkylation sites (N-methyl/N-ethyl adjacent to an activating group) is 1. The number of amides is 1.